The molecule has 2 aromatic carbocycles. The maximum atomic E-state index is 6.11. The highest BCUT2D eigenvalue weighted by Gasteiger charge is 2.20. The van der Waals surface area contributed by atoms with Gasteiger partial charge in [-0.1, -0.05) is 46.4 Å². The molecule has 0 spiro atoms. The van der Waals surface area contributed by atoms with Gasteiger partial charge in [0.1, 0.15) is 0 Å². The first kappa shape index (κ1) is 18.9. The van der Waals surface area contributed by atoms with Gasteiger partial charge >= 0.3 is 0 Å². The minimum Gasteiger partial charge on any atom is -0.368 e. The number of hydrogen-bond acceptors (Lipinski definition) is 2. The molecule has 1 fully saturated rings. The van der Waals surface area contributed by atoms with Crippen molar-refractivity contribution in [2.24, 2.45) is 0 Å². The Labute approximate surface area is 172 Å². The van der Waals surface area contributed by atoms with Crippen molar-refractivity contribution in [2.75, 3.05) is 36.4 Å². The molecule has 0 aliphatic carbocycles. The summed E-state index contributed by atoms with van der Waals surface area (Å²) in [6, 6.07) is 11.1. The largest absolute Gasteiger partial charge is 0.368 e. The molecule has 0 amide bonds. The molecule has 3 nitrogen and oxygen atoms in total. The number of thiocarbonyl (C=S) groups is 1. The van der Waals surface area contributed by atoms with Crippen LogP contribution in [0.4, 0.5) is 11.4 Å². The van der Waals surface area contributed by atoms with E-state index >= 15 is 0 Å². The maximum absolute atomic E-state index is 6.11. The summed E-state index contributed by atoms with van der Waals surface area (Å²) in [4.78, 5) is 4.40. The molecule has 0 radical (unpaired) electrons. The van der Waals surface area contributed by atoms with Gasteiger partial charge in [0.05, 0.1) is 20.1 Å². The number of halogens is 4. The lowest BCUT2D eigenvalue weighted by atomic mass is 10.2. The van der Waals surface area contributed by atoms with Gasteiger partial charge in [-0.2, -0.15) is 0 Å². The van der Waals surface area contributed by atoms with E-state index < -0.39 is 0 Å². The number of nitrogens with zero attached hydrogens (tertiary/aromatic N) is 2. The maximum Gasteiger partial charge on any atom is 0.173 e. The Bertz CT molecular complexity index is 791. The molecule has 0 bridgehead atoms. The molecule has 0 unspecified atom stereocenters. The van der Waals surface area contributed by atoms with Crippen LogP contribution in [0.2, 0.25) is 20.1 Å². The molecule has 0 atom stereocenters. The van der Waals surface area contributed by atoms with Crippen LogP contribution in [-0.4, -0.2) is 36.2 Å². The van der Waals surface area contributed by atoms with Crippen molar-refractivity contribution in [3.05, 3.63) is 56.5 Å². The van der Waals surface area contributed by atoms with Crippen LogP contribution in [0.3, 0.4) is 0 Å². The summed E-state index contributed by atoms with van der Waals surface area (Å²) in [6.45, 7) is 3.32. The summed E-state index contributed by atoms with van der Waals surface area (Å²) < 4.78 is 0. The van der Waals surface area contributed by atoms with Crippen molar-refractivity contribution in [1.29, 1.82) is 0 Å². The predicted molar refractivity (Wildman–Crippen MR) is 113 cm³/mol. The van der Waals surface area contributed by atoms with Crippen LogP contribution < -0.4 is 10.2 Å². The van der Waals surface area contributed by atoms with E-state index in [1.165, 1.54) is 0 Å². The molecule has 1 N–H and O–H groups in total. The Morgan fingerprint density at radius 2 is 1.40 bits per heavy atom. The van der Waals surface area contributed by atoms with Crippen LogP contribution in [0, 0.1) is 0 Å². The molecule has 3 rings (SSSR count). The van der Waals surface area contributed by atoms with Crippen LogP contribution >= 0.6 is 58.6 Å². The Morgan fingerprint density at radius 3 is 2.00 bits per heavy atom. The van der Waals surface area contributed by atoms with Gasteiger partial charge in [0.15, 0.2) is 5.11 Å². The summed E-state index contributed by atoms with van der Waals surface area (Å²) in [5, 5.41) is 6.04. The number of hydrogen-bond donors (Lipinski definition) is 1. The molecule has 0 aromatic heterocycles. The third-order valence-electron chi connectivity index (χ3n) is 4.01. The topological polar surface area (TPSA) is 18.5 Å². The van der Waals surface area contributed by atoms with Crippen LogP contribution in [0.5, 0.6) is 0 Å². The number of rotatable bonds is 2. The highest BCUT2D eigenvalue weighted by molar-refractivity contribution is 7.80. The first-order chi connectivity index (χ1) is 11.9. The van der Waals surface area contributed by atoms with Crippen molar-refractivity contribution < 1.29 is 0 Å². The molecule has 0 saturated carbocycles. The molecule has 1 aliphatic heterocycles. The molecule has 132 valence electrons. The van der Waals surface area contributed by atoms with Crippen molar-refractivity contribution in [2.45, 2.75) is 0 Å². The molecule has 1 saturated heterocycles. The molecular formula is C17H15Cl4N3S. The van der Waals surface area contributed by atoms with E-state index in [0.717, 1.165) is 37.6 Å². The third kappa shape index (κ3) is 4.63. The van der Waals surface area contributed by atoms with E-state index in [4.69, 9.17) is 58.6 Å². The highest BCUT2D eigenvalue weighted by atomic mass is 35.5. The van der Waals surface area contributed by atoms with Gasteiger partial charge in [-0.05, 0) is 48.6 Å². The molecular weight excluding hydrogens is 420 g/mol. The average molecular weight is 435 g/mol. The number of piperazine rings is 1. The minimum absolute atomic E-state index is 0.499. The molecule has 25 heavy (non-hydrogen) atoms. The smallest absolute Gasteiger partial charge is 0.173 e. The van der Waals surface area contributed by atoms with E-state index in [9.17, 15) is 0 Å². The SMILES string of the molecule is S=C(Nc1ccc(Cl)c(Cl)c1)N1CCN(c2ccc(Cl)c(Cl)c2)CC1. The molecule has 8 heteroatoms. The molecule has 1 aliphatic rings. The van der Waals surface area contributed by atoms with Crippen LogP contribution in [0.25, 0.3) is 0 Å². The summed E-state index contributed by atoms with van der Waals surface area (Å²) in [5.74, 6) is 0. The van der Waals surface area contributed by atoms with Crippen LogP contribution in [0.1, 0.15) is 0 Å². The number of nitrogens with one attached hydrogen (secondary N) is 1. The van der Waals surface area contributed by atoms with Crippen LogP contribution in [-0.2, 0) is 0 Å². The van der Waals surface area contributed by atoms with E-state index in [2.05, 4.69) is 15.1 Å². The van der Waals surface area contributed by atoms with E-state index in [1.54, 1.807) is 12.1 Å². The van der Waals surface area contributed by atoms with Crippen molar-refractivity contribution in [3.63, 3.8) is 0 Å². The fourth-order valence-electron chi connectivity index (χ4n) is 2.63. The summed E-state index contributed by atoms with van der Waals surface area (Å²) in [5.41, 5.74) is 1.89. The van der Waals surface area contributed by atoms with Gasteiger partial charge < -0.3 is 15.1 Å². The van der Waals surface area contributed by atoms with Gasteiger partial charge in [0.2, 0.25) is 0 Å². The van der Waals surface area contributed by atoms with E-state index in [0.29, 0.717) is 25.2 Å². The lowest BCUT2D eigenvalue weighted by Gasteiger charge is -2.37. The number of benzene rings is 2. The van der Waals surface area contributed by atoms with Crippen molar-refractivity contribution in [3.8, 4) is 0 Å². The zero-order valence-corrected chi connectivity index (χ0v) is 16.9. The van der Waals surface area contributed by atoms with Gasteiger partial charge in [0, 0.05) is 37.6 Å². The van der Waals surface area contributed by atoms with Gasteiger partial charge in [0.25, 0.3) is 0 Å². The lowest BCUT2D eigenvalue weighted by Crippen LogP contribution is -2.50. The monoisotopic (exact) mass is 433 g/mol. The fourth-order valence-corrected chi connectivity index (χ4v) is 3.52. The quantitative estimate of drug-likeness (QED) is 0.600. The highest BCUT2D eigenvalue weighted by Crippen LogP contribution is 2.28. The van der Waals surface area contributed by atoms with Crippen molar-refractivity contribution in [1.82, 2.24) is 4.90 Å². The molecule has 1 heterocycles. The third-order valence-corrected chi connectivity index (χ3v) is 5.84. The molecule has 2 aromatic rings. The van der Waals surface area contributed by atoms with E-state index in [1.807, 2.05) is 24.3 Å². The van der Waals surface area contributed by atoms with Gasteiger partial charge in [-0.3, -0.25) is 0 Å². The average Bonchev–Trinajstić information content (AvgIpc) is 2.61. The number of anilines is 2. The first-order valence-corrected chi connectivity index (χ1v) is 9.57. The predicted octanol–water partition coefficient (Wildman–Crippen LogP) is 5.82. The Kier molecular flexibility index (Phi) is 6.18. The second kappa shape index (κ2) is 8.19. The minimum atomic E-state index is 0.499. The van der Waals surface area contributed by atoms with Gasteiger partial charge in [-0.15, -0.1) is 0 Å². The zero-order valence-electron chi connectivity index (χ0n) is 13.1. The van der Waals surface area contributed by atoms with E-state index in [-0.39, 0.29) is 0 Å². The van der Waals surface area contributed by atoms with Crippen LogP contribution in [0.15, 0.2) is 36.4 Å². The van der Waals surface area contributed by atoms with Gasteiger partial charge in [-0.25, -0.2) is 0 Å². The first-order valence-electron chi connectivity index (χ1n) is 7.65. The second-order valence-electron chi connectivity index (χ2n) is 5.63. The zero-order chi connectivity index (χ0) is 18.0. The summed E-state index contributed by atoms with van der Waals surface area (Å²) in [6.07, 6.45) is 0. The summed E-state index contributed by atoms with van der Waals surface area (Å²) >= 11 is 29.6. The Balaban J connectivity index is 1.58. The Morgan fingerprint density at radius 1 is 0.800 bits per heavy atom. The normalized spacial score (nSPS) is 14.6. The summed E-state index contributed by atoms with van der Waals surface area (Å²) in [7, 11) is 0. The second-order valence-corrected chi connectivity index (χ2v) is 7.65. The lowest BCUT2D eigenvalue weighted by molar-refractivity contribution is 0.391. The standard InChI is InChI=1S/C17H15Cl4N3S/c18-13-3-1-11(9-15(13)20)22-17(25)24-7-5-23(6-8-24)12-2-4-14(19)16(21)10-12/h1-4,9-10H,5-8H2,(H,22,25). The van der Waals surface area contributed by atoms with Crippen molar-refractivity contribution >= 4 is 75.1 Å². The Hall–Kier alpha value is -0.910. The fraction of sp³-hybridized carbons (Fsp3) is 0.235.